The number of piperazine rings is 1. The second-order valence-electron chi connectivity index (χ2n) is 9.37. The van der Waals surface area contributed by atoms with Crippen molar-refractivity contribution in [2.75, 3.05) is 42.9 Å². The number of aromatic nitrogens is 5. The topological polar surface area (TPSA) is 108 Å². The Bertz CT molecular complexity index is 1250. The Morgan fingerprint density at radius 1 is 1.18 bits per heavy atom. The van der Waals surface area contributed by atoms with Gasteiger partial charge in [-0.2, -0.15) is 10.4 Å². The molecule has 0 spiro atoms. The van der Waals surface area contributed by atoms with Crippen LogP contribution in [-0.2, 0) is 11.8 Å². The van der Waals surface area contributed by atoms with E-state index in [1.54, 1.807) is 17.2 Å². The molecule has 5 rings (SSSR count). The van der Waals surface area contributed by atoms with Gasteiger partial charge in [0.05, 0.1) is 23.7 Å². The van der Waals surface area contributed by atoms with Crippen molar-refractivity contribution in [3.8, 4) is 6.07 Å². The standard InChI is InChI=1S/C24H31N9O/c1-16-17(2)33(18-6-4-5-7-18)24(19(16)12-25)29-21(34)14-31-8-10-32(11-9-31)23-20-13-28-30(3)22(20)26-15-27-23/h13,15,18H,4-11,14H2,1-3H3,(H,29,34). The van der Waals surface area contributed by atoms with Gasteiger partial charge in [0, 0.05) is 45.0 Å². The molecular formula is C24H31N9O. The number of anilines is 2. The molecule has 0 atom stereocenters. The lowest BCUT2D eigenvalue weighted by atomic mass is 10.2. The van der Waals surface area contributed by atoms with Crippen LogP contribution in [-0.4, -0.2) is 67.8 Å². The van der Waals surface area contributed by atoms with E-state index in [0.29, 0.717) is 24.0 Å². The highest BCUT2D eigenvalue weighted by atomic mass is 16.2. The van der Waals surface area contributed by atoms with Gasteiger partial charge in [-0.15, -0.1) is 0 Å². The first-order valence-electron chi connectivity index (χ1n) is 12.0. The highest BCUT2D eigenvalue weighted by Gasteiger charge is 2.28. The minimum absolute atomic E-state index is 0.0709. The Kier molecular flexibility index (Phi) is 5.96. The first-order valence-corrected chi connectivity index (χ1v) is 12.0. The molecule has 10 nitrogen and oxygen atoms in total. The summed E-state index contributed by atoms with van der Waals surface area (Å²) < 4.78 is 3.95. The number of nitrogens with one attached hydrogen (secondary N) is 1. The maximum absolute atomic E-state index is 13.0. The molecule has 2 aliphatic rings. The molecule has 1 aliphatic carbocycles. The lowest BCUT2D eigenvalue weighted by Crippen LogP contribution is -2.49. The molecule has 1 N–H and O–H groups in total. The second kappa shape index (κ2) is 9.06. The van der Waals surface area contributed by atoms with Crippen molar-refractivity contribution in [1.82, 2.24) is 29.2 Å². The maximum atomic E-state index is 13.0. The molecule has 1 aliphatic heterocycles. The Balaban J connectivity index is 1.25. The number of carbonyl (C=O) groups is 1. The molecule has 2 fully saturated rings. The first kappa shape index (κ1) is 22.3. The van der Waals surface area contributed by atoms with E-state index < -0.39 is 0 Å². The number of nitrogens with zero attached hydrogens (tertiary/aromatic N) is 8. The smallest absolute Gasteiger partial charge is 0.239 e. The summed E-state index contributed by atoms with van der Waals surface area (Å²) in [5.41, 5.74) is 3.45. The van der Waals surface area contributed by atoms with E-state index in [1.807, 2.05) is 14.0 Å². The number of carbonyl (C=O) groups excluding carboxylic acids is 1. The van der Waals surface area contributed by atoms with Crippen molar-refractivity contribution in [1.29, 1.82) is 5.26 Å². The number of nitriles is 1. The monoisotopic (exact) mass is 461 g/mol. The van der Waals surface area contributed by atoms with Crippen LogP contribution in [0.25, 0.3) is 11.0 Å². The zero-order valence-electron chi connectivity index (χ0n) is 20.1. The van der Waals surface area contributed by atoms with Crippen molar-refractivity contribution >= 4 is 28.6 Å². The number of rotatable bonds is 5. The van der Waals surface area contributed by atoms with E-state index in [-0.39, 0.29) is 5.91 Å². The summed E-state index contributed by atoms with van der Waals surface area (Å²) in [5.74, 6) is 1.49. The van der Waals surface area contributed by atoms with E-state index >= 15 is 0 Å². The van der Waals surface area contributed by atoms with Crippen LogP contribution in [0.3, 0.4) is 0 Å². The van der Waals surface area contributed by atoms with Crippen molar-refractivity contribution in [2.24, 2.45) is 7.05 Å². The Morgan fingerprint density at radius 3 is 2.62 bits per heavy atom. The van der Waals surface area contributed by atoms with E-state index in [1.165, 1.54) is 12.8 Å². The van der Waals surface area contributed by atoms with Crippen LogP contribution in [0, 0.1) is 25.2 Å². The molecule has 1 amide bonds. The average Bonchev–Trinajstić information content (AvgIpc) is 3.54. The van der Waals surface area contributed by atoms with Gasteiger partial charge in [0.15, 0.2) is 5.65 Å². The summed E-state index contributed by atoms with van der Waals surface area (Å²) in [6, 6.07) is 2.68. The fourth-order valence-corrected chi connectivity index (χ4v) is 5.40. The van der Waals surface area contributed by atoms with Crippen LogP contribution in [0.4, 0.5) is 11.6 Å². The highest BCUT2D eigenvalue weighted by molar-refractivity contribution is 5.93. The highest BCUT2D eigenvalue weighted by Crippen LogP contribution is 2.37. The van der Waals surface area contributed by atoms with Gasteiger partial charge in [-0.05, 0) is 32.3 Å². The summed E-state index contributed by atoms with van der Waals surface area (Å²) in [5, 5.41) is 18.1. The molecule has 4 heterocycles. The SMILES string of the molecule is Cc1c(C#N)c(NC(=O)CN2CCN(c3ncnc4c3cnn4C)CC2)n(C2CCCC2)c1C. The van der Waals surface area contributed by atoms with Crippen LogP contribution >= 0.6 is 0 Å². The van der Waals surface area contributed by atoms with Crippen molar-refractivity contribution in [3.05, 3.63) is 29.3 Å². The lowest BCUT2D eigenvalue weighted by molar-refractivity contribution is -0.117. The molecule has 0 unspecified atom stereocenters. The summed E-state index contributed by atoms with van der Waals surface area (Å²) >= 11 is 0. The molecule has 1 saturated heterocycles. The van der Waals surface area contributed by atoms with Gasteiger partial charge in [0.1, 0.15) is 24.0 Å². The third kappa shape index (κ3) is 3.90. The van der Waals surface area contributed by atoms with Crippen LogP contribution in [0.2, 0.25) is 0 Å². The fourth-order valence-electron chi connectivity index (χ4n) is 5.40. The number of hydrogen-bond acceptors (Lipinski definition) is 7. The van der Waals surface area contributed by atoms with Crippen LogP contribution in [0.5, 0.6) is 0 Å². The molecule has 3 aromatic heterocycles. The predicted octanol–water partition coefficient (Wildman–Crippen LogP) is 2.53. The van der Waals surface area contributed by atoms with E-state index in [0.717, 1.165) is 67.1 Å². The van der Waals surface area contributed by atoms with Gasteiger partial charge in [0.2, 0.25) is 5.91 Å². The Labute approximate surface area is 199 Å². The fraction of sp³-hybridized carbons (Fsp3) is 0.542. The van der Waals surface area contributed by atoms with Crippen LogP contribution in [0.1, 0.15) is 48.5 Å². The van der Waals surface area contributed by atoms with E-state index in [2.05, 4.69) is 47.7 Å². The van der Waals surface area contributed by atoms with Crippen LogP contribution in [0.15, 0.2) is 12.5 Å². The summed E-state index contributed by atoms with van der Waals surface area (Å²) in [7, 11) is 1.87. The molecule has 10 heteroatoms. The van der Waals surface area contributed by atoms with Gasteiger partial charge in [-0.25, -0.2) is 9.97 Å². The third-order valence-corrected chi connectivity index (χ3v) is 7.36. The number of hydrogen-bond donors (Lipinski definition) is 1. The zero-order valence-corrected chi connectivity index (χ0v) is 20.1. The number of amides is 1. The van der Waals surface area contributed by atoms with Gasteiger partial charge < -0.3 is 14.8 Å². The van der Waals surface area contributed by atoms with Gasteiger partial charge in [0.25, 0.3) is 0 Å². The molecule has 0 aromatic carbocycles. The van der Waals surface area contributed by atoms with Gasteiger partial charge in [-0.3, -0.25) is 14.4 Å². The number of aryl methyl sites for hydroxylation is 1. The minimum Gasteiger partial charge on any atom is -0.353 e. The van der Waals surface area contributed by atoms with Crippen LogP contribution < -0.4 is 10.2 Å². The van der Waals surface area contributed by atoms with Crippen molar-refractivity contribution < 1.29 is 4.79 Å². The molecule has 1 saturated carbocycles. The first-order chi connectivity index (χ1) is 16.5. The molecule has 0 radical (unpaired) electrons. The molecule has 3 aromatic rings. The summed E-state index contributed by atoms with van der Waals surface area (Å²) in [6.07, 6.45) is 7.96. The van der Waals surface area contributed by atoms with Crippen molar-refractivity contribution in [3.63, 3.8) is 0 Å². The normalized spacial score (nSPS) is 17.4. The second-order valence-corrected chi connectivity index (χ2v) is 9.37. The van der Waals surface area contributed by atoms with Crippen molar-refractivity contribution in [2.45, 2.75) is 45.6 Å². The average molecular weight is 462 g/mol. The summed E-state index contributed by atoms with van der Waals surface area (Å²) in [6.45, 7) is 7.38. The minimum atomic E-state index is -0.0709. The lowest BCUT2D eigenvalue weighted by Gasteiger charge is -2.35. The predicted molar refractivity (Wildman–Crippen MR) is 130 cm³/mol. The van der Waals surface area contributed by atoms with E-state index in [9.17, 15) is 10.1 Å². The number of fused-ring (bicyclic) bond motifs is 1. The Morgan fingerprint density at radius 2 is 1.91 bits per heavy atom. The van der Waals surface area contributed by atoms with Gasteiger partial charge >= 0.3 is 0 Å². The zero-order chi connectivity index (χ0) is 23.8. The molecule has 0 bridgehead atoms. The Hall–Kier alpha value is -3.45. The molecular weight excluding hydrogens is 430 g/mol. The quantitative estimate of drug-likeness (QED) is 0.622. The largest absolute Gasteiger partial charge is 0.353 e. The van der Waals surface area contributed by atoms with Gasteiger partial charge in [-0.1, -0.05) is 12.8 Å². The summed E-state index contributed by atoms with van der Waals surface area (Å²) in [4.78, 5) is 26.2. The van der Waals surface area contributed by atoms with E-state index in [4.69, 9.17) is 0 Å². The maximum Gasteiger partial charge on any atom is 0.239 e. The molecule has 34 heavy (non-hydrogen) atoms. The molecule has 178 valence electrons. The third-order valence-electron chi connectivity index (χ3n) is 7.36.